The van der Waals surface area contributed by atoms with E-state index in [4.69, 9.17) is 16.9 Å². The van der Waals surface area contributed by atoms with Gasteiger partial charge in [0.15, 0.2) is 0 Å². The van der Waals surface area contributed by atoms with Crippen LogP contribution in [0.2, 0.25) is 0 Å². The lowest BCUT2D eigenvalue weighted by atomic mass is 10.3. The Hall–Kier alpha value is -0.530. The highest BCUT2D eigenvalue weighted by Gasteiger charge is 2.05. The van der Waals surface area contributed by atoms with Crippen LogP contribution in [0.4, 0.5) is 5.69 Å². The zero-order valence-electron chi connectivity index (χ0n) is 6.90. The molecule has 5 nitrogen and oxygen atoms in total. The third-order valence-electron chi connectivity index (χ3n) is 1.37. The SMILES string of the molecule is Cl.NS(=O)(=O)c1ccc(NNCl)cc1. The van der Waals surface area contributed by atoms with Gasteiger partial charge in [0.05, 0.1) is 10.6 Å². The van der Waals surface area contributed by atoms with E-state index >= 15 is 0 Å². The van der Waals surface area contributed by atoms with E-state index in [1.165, 1.54) is 24.3 Å². The van der Waals surface area contributed by atoms with E-state index in [0.29, 0.717) is 5.69 Å². The number of hydrazine groups is 1. The van der Waals surface area contributed by atoms with Gasteiger partial charge in [-0.05, 0) is 36.0 Å². The summed E-state index contributed by atoms with van der Waals surface area (Å²) in [5.41, 5.74) is 3.21. The average Bonchev–Trinajstić information content (AvgIpc) is 2.04. The second kappa shape index (κ2) is 5.38. The quantitative estimate of drug-likeness (QED) is 0.553. The van der Waals surface area contributed by atoms with Crippen molar-refractivity contribution in [2.45, 2.75) is 4.90 Å². The number of sulfonamides is 1. The molecular weight excluding hydrogens is 249 g/mol. The number of rotatable bonds is 3. The molecule has 0 aromatic heterocycles. The van der Waals surface area contributed by atoms with Gasteiger partial charge in [-0.1, -0.05) is 0 Å². The molecule has 0 aliphatic rings. The first kappa shape index (κ1) is 13.5. The molecule has 0 fully saturated rings. The summed E-state index contributed by atoms with van der Waals surface area (Å²) >= 11 is 5.16. The van der Waals surface area contributed by atoms with Crippen molar-refractivity contribution in [2.75, 3.05) is 5.43 Å². The molecule has 1 aromatic rings. The lowest BCUT2D eigenvalue weighted by Gasteiger charge is -2.02. The van der Waals surface area contributed by atoms with Gasteiger partial charge in [-0.3, -0.25) is 0 Å². The highest BCUT2D eigenvalue weighted by molar-refractivity contribution is 7.89. The summed E-state index contributed by atoms with van der Waals surface area (Å²) in [5.74, 6) is 0. The van der Waals surface area contributed by atoms with Crippen molar-refractivity contribution in [3.63, 3.8) is 0 Å². The number of hydrogen-bond acceptors (Lipinski definition) is 4. The minimum atomic E-state index is -3.62. The van der Waals surface area contributed by atoms with Gasteiger partial charge >= 0.3 is 0 Å². The number of anilines is 1. The average molecular weight is 258 g/mol. The highest BCUT2D eigenvalue weighted by Crippen LogP contribution is 2.11. The molecule has 8 heteroatoms. The minimum absolute atomic E-state index is 0. The molecule has 0 aliphatic carbocycles. The van der Waals surface area contributed by atoms with E-state index in [9.17, 15) is 8.42 Å². The molecule has 0 aliphatic heterocycles. The monoisotopic (exact) mass is 257 g/mol. The Morgan fingerprint density at radius 3 is 2.07 bits per heavy atom. The fourth-order valence-electron chi connectivity index (χ4n) is 0.783. The largest absolute Gasteiger partial charge is 0.308 e. The van der Waals surface area contributed by atoms with Crippen LogP contribution in [-0.4, -0.2) is 8.42 Å². The molecule has 14 heavy (non-hydrogen) atoms. The molecular formula is C6H9Cl2N3O2S. The molecule has 0 amide bonds. The number of halogens is 2. The predicted octanol–water partition coefficient (Wildman–Crippen LogP) is 0.826. The number of benzene rings is 1. The van der Waals surface area contributed by atoms with Gasteiger partial charge in [-0.2, -0.15) is 0 Å². The van der Waals surface area contributed by atoms with Crippen LogP contribution >= 0.6 is 24.2 Å². The highest BCUT2D eigenvalue weighted by atomic mass is 35.5. The Morgan fingerprint density at radius 2 is 1.71 bits per heavy atom. The van der Waals surface area contributed by atoms with Gasteiger partial charge in [-0.25, -0.2) is 13.6 Å². The van der Waals surface area contributed by atoms with Crippen molar-refractivity contribution < 1.29 is 8.42 Å². The van der Waals surface area contributed by atoms with Crippen LogP contribution in [0.15, 0.2) is 29.2 Å². The first-order valence-electron chi connectivity index (χ1n) is 3.28. The summed E-state index contributed by atoms with van der Waals surface area (Å²) in [6, 6.07) is 5.84. The van der Waals surface area contributed by atoms with Crippen molar-refractivity contribution in [1.29, 1.82) is 0 Å². The smallest absolute Gasteiger partial charge is 0.238 e. The summed E-state index contributed by atoms with van der Waals surface area (Å²) in [6.07, 6.45) is 0. The van der Waals surface area contributed by atoms with Gasteiger partial charge in [0.25, 0.3) is 0 Å². The van der Waals surface area contributed by atoms with Gasteiger partial charge in [0, 0.05) is 0 Å². The zero-order chi connectivity index (χ0) is 9.90. The normalized spacial score (nSPS) is 10.4. The molecule has 0 unspecified atom stereocenters. The van der Waals surface area contributed by atoms with E-state index in [2.05, 4.69) is 10.4 Å². The Balaban J connectivity index is 0.00000169. The molecule has 1 rings (SSSR count). The van der Waals surface area contributed by atoms with Gasteiger partial charge < -0.3 is 5.43 Å². The van der Waals surface area contributed by atoms with Crippen LogP contribution in [-0.2, 0) is 10.0 Å². The Morgan fingerprint density at radius 1 is 1.21 bits per heavy atom. The second-order valence-corrected chi connectivity index (χ2v) is 4.04. The van der Waals surface area contributed by atoms with E-state index in [0.717, 1.165) is 0 Å². The fraction of sp³-hybridized carbons (Fsp3) is 0. The van der Waals surface area contributed by atoms with E-state index in [1.807, 2.05) is 0 Å². The third-order valence-corrected chi connectivity index (χ3v) is 2.40. The molecule has 0 heterocycles. The van der Waals surface area contributed by atoms with Crippen molar-refractivity contribution in [3.8, 4) is 0 Å². The molecule has 0 bridgehead atoms. The molecule has 1 aromatic carbocycles. The topological polar surface area (TPSA) is 84.2 Å². The lowest BCUT2D eigenvalue weighted by molar-refractivity contribution is 0.598. The van der Waals surface area contributed by atoms with Crippen LogP contribution in [0, 0.1) is 0 Å². The second-order valence-electron chi connectivity index (χ2n) is 2.29. The van der Waals surface area contributed by atoms with Crippen molar-refractivity contribution in [2.24, 2.45) is 5.14 Å². The van der Waals surface area contributed by atoms with Crippen LogP contribution in [0.3, 0.4) is 0 Å². The van der Waals surface area contributed by atoms with E-state index in [1.54, 1.807) is 0 Å². The summed E-state index contributed by atoms with van der Waals surface area (Å²) in [7, 11) is -3.62. The van der Waals surface area contributed by atoms with Gasteiger partial charge in [0.2, 0.25) is 10.0 Å². The maximum atomic E-state index is 10.8. The third kappa shape index (κ3) is 3.69. The van der Waals surface area contributed by atoms with Crippen molar-refractivity contribution in [1.82, 2.24) is 4.94 Å². The maximum absolute atomic E-state index is 10.8. The summed E-state index contributed by atoms with van der Waals surface area (Å²) in [4.78, 5) is 2.25. The molecule has 0 spiro atoms. The molecule has 0 saturated heterocycles. The Labute approximate surface area is 93.2 Å². The van der Waals surface area contributed by atoms with Gasteiger partial charge in [-0.15, -0.1) is 17.4 Å². The van der Waals surface area contributed by atoms with E-state index < -0.39 is 10.0 Å². The first-order valence-corrected chi connectivity index (χ1v) is 5.21. The minimum Gasteiger partial charge on any atom is -0.308 e. The number of nitrogens with one attached hydrogen (secondary N) is 2. The molecule has 0 atom stereocenters. The number of primary sulfonamides is 1. The van der Waals surface area contributed by atoms with Crippen molar-refractivity contribution >= 4 is 39.9 Å². The standard InChI is InChI=1S/C6H8ClN3O2S.ClH/c7-10-9-5-1-3-6(4-2-5)13(8,11)12;/h1-4,9-10H,(H2,8,11,12);1H. The maximum Gasteiger partial charge on any atom is 0.238 e. The molecule has 80 valence electrons. The Kier molecular flexibility index (Phi) is 5.17. The first-order chi connectivity index (χ1) is 6.04. The van der Waals surface area contributed by atoms with Crippen LogP contribution in [0.1, 0.15) is 0 Å². The molecule has 0 saturated carbocycles. The van der Waals surface area contributed by atoms with E-state index in [-0.39, 0.29) is 17.3 Å². The predicted molar refractivity (Wildman–Crippen MR) is 57.7 cm³/mol. The summed E-state index contributed by atoms with van der Waals surface area (Å²) in [5, 5.41) is 4.89. The van der Waals surface area contributed by atoms with Crippen LogP contribution in [0.25, 0.3) is 0 Å². The summed E-state index contributed by atoms with van der Waals surface area (Å²) < 4.78 is 21.6. The molecule has 4 N–H and O–H groups in total. The number of hydrogen-bond donors (Lipinski definition) is 3. The molecule has 0 radical (unpaired) electrons. The zero-order valence-corrected chi connectivity index (χ0v) is 9.29. The van der Waals surface area contributed by atoms with Gasteiger partial charge in [0.1, 0.15) is 0 Å². The van der Waals surface area contributed by atoms with Crippen LogP contribution in [0.5, 0.6) is 0 Å². The summed E-state index contributed by atoms with van der Waals surface area (Å²) in [6.45, 7) is 0. The van der Waals surface area contributed by atoms with Crippen molar-refractivity contribution in [3.05, 3.63) is 24.3 Å². The fourth-order valence-corrected chi connectivity index (χ4v) is 1.41. The number of nitrogens with two attached hydrogens (primary N) is 1. The van der Waals surface area contributed by atoms with Crippen LogP contribution < -0.4 is 15.5 Å². The Bertz CT molecular complexity index is 379. The lowest BCUT2D eigenvalue weighted by Crippen LogP contribution is -2.12.